The third-order valence-corrected chi connectivity index (χ3v) is 3.95. The molecule has 3 unspecified atom stereocenters. The standard InChI is InChI=1S/C11H19NO3.C6H6O/c1-7(2)15-11(13)10-5-4-9(6-12-14)8(10)3;7-6-4-2-1-3-5-6/h7-10H,4-6H2,1-3H3;1-5,7H. The van der Waals surface area contributed by atoms with E-state index in [1.165, 1.54) is 0 Å². The number of nitrogens with zero attached hydrogens (tertiary/aromatic N) is 1. The summed E-state index contributed by atoms with van der Waals surface area (Å²) in [4.78, 5) is 21.9. The maximum atomic E-state index is 11.7. The highest BCUT2D eigenvalue weighted by molar-refractivity contribution is 5.73. The Morgan fingerprint density at radius 1 is 1.32 bits per heavy atom. The lowest BCUT2D eigenvalue weighted by Gasteiger charge is -2.19. The molecule has 1 saturated carbocycles. The van der Waals surface area contributed by atoms with Crippen LogP contribution in [0.4, 0.5) is 0 Å². The van der Waals surface area contributed by atoms with Gasteiger partial charge in [-0.15, -0.1) is 0 Å². The number of hydrogen-bond acceptors (Lipinski definition) is 5. The lowest BCUT2D eigenvalue weighted by Crippen LogP contribution is -2.25. The van der Waals surface area contributed by atoms with E-state index < -0.39 is 0 Å². The van der Waals surface area contributed by atoms with E-state index in [-0.39, 0.29) is 29.8 Å². The number of phenolic OH excluding ortho intramolecular Hbond substituents is 1. The monoisotopic (exact) mass is 307 g/mol. The molecule has 1 aromatic rings. The summed E-state index contributed by atoms with van der Waals surface area (Å²) in [5.74, 6) is 0.633. The predicted molar refractivity (Wildman–Crippen MR) is 85.4 cm³/mol. The van der Waals surface area contributed by atoms with Crippen molar-refractivity contribution in [2.24, 2.45) is 22.9 Å². The summed E-state index contributed by atoms with van der Waals surface area (Å²) in [5.41, 5.74) is 0. The first-order chi connectivity index (χ1) is 10.5. The number of benzene rings is 1. The van der Waals surface area contributed by atoms with Crippen LogP contribution in [0.1, 0.15) is 33.6 Å². The molecule has 1 aromatic carbocycles. The topological polar surface area (TPSA) is 76.0 Å². The zero-order chi connectivity index (χ0) is 16.5. The molecule has 0 aliphatic heterocycles. The zero-order valence-electron chi connectivity index (χ0n) is 13.4. The van der Waals surface area contributed by atoms with Crippen molar-refractivity contribution in [3.05, 3.63) is 35.2 Å². The maximum absolute atomic E-state index is 11.7. The number of esters is 1. The second-order valence-electron chi connectivity index (χ2n) is 5.94. The van der Waals surface area contributed by atoms with Crippen molar-refractivity contribution in [1.82, 2.24) is 0 Å². The molecular weight excluding hydrogens is 282 g/mol. The van der Waals surface area contributed by atoms with E-state index in [4.69, 9.17) is 9.84 Å². The number of nitroso groups, excluding NO2 is 1. The smallest absolute Gasteiger partial charge is 0.309 e. The average molecular weight is 307 g/mol. The molecule has 0 saturated heterocycles. The minimum atomic E-state index is -0.120. The molecule has 1 aliphatic rings. The Labute approximate surface area is 131 Å². The molecular formula is C17H25NO4. The van der Waals surface area contributed by atoms with Gasteiger partial charge in [0.05, 0.1) is 18.6 Å². The van der Waals surface area contributed by atoms with Crippen molar-refractivity contribution in [3.63, 3.8) is 0 Å². The first-order valence-corrected chi connectivity index (χ1v) is 7.69. The van der Waals surface area contributed by atoms with E-state index in [0.717, 1.165) is 12.8 Å². The minimum absolute atomic E-state index is 0.0425. The van der Waals surface area contributed by atoms with Crippen molar-refractivity contribution >= 4 is 5.97 Å². The van der Waals surface area contributed by atoms with E-state index in [0.29, 0.717) is 12.3 Å². The van der Waals surface area contributed by atoms with Gasteiger partial charge in [0.2, 0.25) is 0 Å². The van der Waals surface area contributed by atoms with Gasteiger partial charge in [-0.05, 0) is 50.7 Å². The lowest BCUT2D eigenvalue weighted by molar-refractivity contribution is -0.153. The molecule has 122 valence electrons. The zero-order valence-corrected chi connectivity index (χ0v) is 13.4. The molecule has 1 fully saturated rings. The molecule has 1 N–H and O–H groups in total. The largest absolute Gasteiger partial charge is 0.508 e. The average Bonchev–Trinajstić information content (AvgIpc) is 2.82. The van der Waals surface area contributed by atoms with Gasteiger partial charge in [0.25, 0.3) is 0 Å². The number of carbonyl (C=O) groups is 1. The van der Waals surface area contributed by atoms with Crippen LogP contribution in [0.15, 0.2) is 35.5 Å². The van der Waals surface area contributed by atoms with Crippen molar-refractivity contribution in [1.29, 1.82) is 0 Å². The van der Waals surface area contributed by atoms with Crippen molar-refractivity contribution in [2.45, 2.75) is 39.7 Å². The normalized spacial score (nSPS) is 23.5. The molecule has 2 rings (SSSR count). The fourth-order valence-electron chi connectivity index (χ4n) is 2.68. The predicted octanol–water partition coefficient (Wildman–Crippen LogP) is 3.76. The molecule has 5 nitrogen and oxygen atoms in total. The van der Waals surface area contributed by atoms with E-state index >= 15 is 0 Å². The van der Waals surface area contributed by atoms with Gasteiger partial charge in [0, 0.05) is 0 Å². The quantitative estimate of drug-likeness (QED) is 0.679. The number of hydrogen-bond donors (Lipinski definition) is 1. The molecule has 1 aliphatic carbocycles. The Morgan fingerprint density at radius 3 is 2.41 bits per heavy atom. The lowest BCUT2D eigenvalue weighted by atomic mass is 9.91. The van der Waals surface area contributed by atoms with E-state index in [1.807, 2.05) is 26.8 Å². The van der Waals surface area contributed by atoms with Crippen molar-refractivity contribution in [3.8, 4) is 5.75 Å². The highest BCUT2D eigenvalue weighted by atomic mass is 16.5. The van der Waals surface area contributed by atoms with Gasteiger partial charge in [-0.3, -0.25) is 4.79 Å². The minimum Gasteiger partial charge on any atom is -0.508 e. The summed E-state index contributed by atoms with van der Waals surface area (Å²) < 4.78 is 5.18. The molecule has 0 bridgehead atoms. The first-order valence-electron chi connectivity index (χ1n) is 7.69. The second-order valence-corrected chi connectivity index (χ2v) is 5.94. The van der Waals surface area contributed by atoms with Gasteiger partial charge < -0.3 is 9.84 Å². The Balaban J connectivity index is 0.000000287. The van der Waals surface area contributed by atoms with Crippen LogP contribution in [-0.2, 0) is 9.53 Å². The molecule has 3 atom stereocenters. The number of phenols is 1. The van der Waals surface area contributed by atoms with Gasteiger partial charge in [0.15, 0.2) is 0 Å². The van der Waals surface area contributed by atoms with Gasteiger partial charge in [0.1, 0.15) is 5.75 Å². The Bertz CT molecular complexity index is 461. The second kappa shape index (κ2) is 9.18. The fourth-order valence-corrected chi connectivity index (χ4v) is 2.68. The van der Waals surface area contributed by atoms with Gasteiger partial charge in [-0.2, -0.15) is 4.91 Å². The third-order valence-electron chi connectivity index (χ3n) is 3.95. The highest BCUT2D eigenvalue weighted by Crippen LogP contribution is 2.37. The van der Waals surface area contributed by atoms with Gasteiger partial charge >= 0.3 is 5.97 Å². The van der Waals surface area contributed by atoms with Crippen molar-refractivity contribution < 1.29 is 14.6 Å². The molecule has 0 spiro atoms. The fraction of sp³-hybridized carbons (Fsp3) is 0.588. The van der Waals surface area contributed by atoms with Crippen LogP contribution in [0.3, 0.4) is 0 Å². The summed E-state index contributed by atoms with van der Waals surface area (Å²) in [5, 5.41) is 11.6. The first kappa shape index (κ1) is 18.1. The molecule has 0 radical (unpaired) electrons. The summed E-state index contributed by atoms with van der Waals surface area (Å²) in [6.07, 6.45) is 1.67. The summed E-state index contributed by atoms with van der Waals surface area (Å²) in [6, 6.07) is 8.71. The van der Waals surface area contributed by atoms with Crippen LogP contribution in [0.2, 0.25) is 0 Å². The maximum Gasteiger partial charge on any atom is 0.309 e. The van der Waals surface area contributed by atoms with Crippen LogP contribution < -0.4 is 0 Å². The number of rotatable bonds is 4. The Hall–Kier alpha value is -1.91. The summed E-state index contributed by atoms with van der Waals surface area (Å²) in [6.45, 7) is 6.03. The molecule has 0 aromatic heterocycles. The SMILES string of the molecule is CC(C)OC(=O)C1CCC(CN=O)C1C.Oc1ccccc1. The van der Waals surface area contributed by atoms with E-state index in [2.05, 4.69) is 5.18 Å². The number of ether oxygens (including phenoxy) is 1. The molecule has 22 heavy (non-hydrogen) atoms. The van der Waals surface area contributed by atoms with Crippen LogP contribution >= 0.6 is 0 Å². The van der Waals surface area contributed by atoms with E-state index in [9.17, 15) is 9.70 Å². The van der Waals surface area contributed by atoms with Crippen molar-refractivity contribution in [2.75, 3.05) is 6.54 Å². The van der Waals surface area contributed by atoms with Crippen LogP contribution in [-0.4, -0.2) is 23.7 Å². The van der Waals surface area contributed by atoms with Crippen LogP contribution in [0.5, 0.6) is 5.75 Å². The van der Waals surface area contributed by atoms with Crippen LogP contribution in [0, 0.1) is 22.7 Å². The molecule has 5 heteroatoms. The third kappa shape index (κ3) is 5.84. The summed E-state index contributed by atoms with van der Waals surface area (Å²) >= 11 is 0. The number of para-hydroxylation sites is 1. The van der Waals surface area contributed by atoms with Gasteiger partial charge in [-0.1, -0.05) is 30.3 Å². The molecule has 0 amide bonds. The highest BCUT2D eigenvalue weighted by Gasteiger charge is 2.38. The Morgan fingerprint density at radius 2 is 1.95 bits per heavy atom. The number of carbonyl (C=O) groups excluding carboxylic acids is 1. The molecule has 0 heterocycles. The number of aromatic hydroxyl groups is 1. The van der Waals surface area contributed by atoms with Crippen LogP contribution in [0.25, 0.3) is 0 Å². The summed E-state index contributed by atoms with van der Waals surface area (Å²) in [7, 11) is 0. The Kier molecular flexibility index (Phi) is 7.57. The van der Waals surface area contributed by atoms with Gasteiger partial charge in [-0.25, -0.2) is 0 Å². The van der Waals surface area contributed by atoms with E-state index in [1.54, 1.807) is 24.3 Å².